The van der Waals surface area contributed by atoms with Crippen LogP contribution in [-0.4, -0.2) is 65.2 Å². The van der Waals surface area contributed by atoms with E-state index in [1.807, 2.05) is 18.8 Å². The lowest BCUT2D eigenvalue weighted by molar-refractivity contribution is 0.0681. The number of piperazine rings is 1. The van der Waals surface area contributed by atoms with Gasteiger partial charge in [0.15, 0.2) is 5.82 Å². The first-order chi connectivity index (χ1) is 13.7. The van der Waals surface area contributed by atoms with E-state index in [4.69, 9.17) is 19.8 Å². The highest BCUT2D eigenvalue weighted by molar-refractivity contribution is 5.89. The van der Waals surface area contributed by atoms with Crippen molar-refractivity contribution in [2.75, 3.05) is 43.5 Å². The molecule has 0 unspecified atom stereocenters. The van der Waals surface area contributed by atoms with Crippen LogP contribution in [0.4, 0.5) is 11.8 Å². The van der Waals surface area contributed by atoms with Crippen LogP contribution < -0.4 is 15.5 Å². The van der Waals surface area contributed by atoms with Crippen LogP contribution in [0.25, 0.3) is 11.0 Å². The van der Waals surface area contributed by atoms with E-state index < -0.39 is 0 Å². The fourth-order valence-corrected chi connectivity index (χ4v) is 4.38. The van der Waals surface area contributed by atoms with Gasteiger partial charge in [0.05, 0.1) is 11.8 Å². The van der Waals surface area contributed by atoms with Gasteiger partial charge in [-0.05, 0) is 32.1 Å². The van der Waals surface area contributed by atoms with Crippen molar-refractivity contribution in [3.8, 4) is 0 Å². The quantitative estimate of drug-likeness (QED) is 0.786. The molecule has 0 bridgehead atoms. The summed E-state index contributed by atoms with van der Waals surface area (Å²) in [5.74, 6) is 1.75. The minimum Gasteiger partial charge on any atom is -0.381 e. The van der Waals surface area contributed by atoms with Crippen LogP contribution in [0.5, 0.6) is 0 Å². The molecule has 1 saturated heterocycles. The molecule has 3 heterocycles. The molecular formula is C20H33N7O. The molecule has 4 rings (SSSR count). The highest BCUT2D eigenvalue weighted by atomic mass is 16.5. The third kappa shape index (κ3) is 3.93. The Morgan fingerprint density at radius 2 is 1.89 bits per heavy atom. The molecule has 0 atom stereocenters. The summed E-state index contributed by atoms with van der Waals surface area (Å²) < 4.78 is 7.48. The van der Waals surface area contributed by atoms with E-state index in [-0.39, 0.29) is 0 Å². The van der Waals surface area contributed by atoms with Gasteiger partial charge in [0.25, 0.3) is 0 Å². The molecule has 2 aliphatic rings. The molecule has 8 heteroatoms. The smallest absolute Gasteiger partial charge is 0.228 e. The fourth-order valence-electron chi connectivity index (χ4n) is 4.38. The summed E-state index contributed by atoms with van der Waals surface area (Å²) in [6, 6.07) is 0.421. The second-order valence-electron chi connectivity index (χ2n) is 7.98. The maximum absolute atomic E-state index is 5.53. The van der Waals surface area contributed by atoms with Crippen LogP contribution in [0.15, 0.2) is 0 Å². The first-order valence-electron chi connectivity index (χ1n) is 10.7. The summed E-state index contributed by atoms with van der Waals surface area (Å²) in [5, 5.41) is 11.9. The molecule has 28 heavy (non-hydrogen) atoms. The van der Waals surface area contributed by atoms with Gasteiger partial charge in [-0.1, -0.05) is 13.3 Å². The van der Waals surface area contributed by atoms with Gasteiger partial charge >= 0.3 is 0 Å². The Hall–Kier alpha value is -1.93. The van der Waals surface area contributed by atoms with Gasteiger partial charge in [-0.15, -0.1) is 0 Å². The number of methoxy groups -OCH3 is 1. The number of aromatic nitrogens is 4. The number of ether oxygens (including phenoxy) is 1. The number of rotatable bonds is 6. The van der Waals surface area contributed by atoms with E-state index in [0.717, 1.165) is 93.2 Å². The number of fused-ring (bicyclic) bond motifs is 1. The number of hydrogen-bond donors (Lipinski definition) is 2. The highest BCUT2D eigenvalue weighted by Crippen LogP contribution is 2.30. The number of hydrogen-bond acceptors (Lipinski definition) is 7. The average molecular weight is 388 g/mol. The maximum atomic E-state index is 5.53. The molecule has 154 valence electrons. The lowest BCUT2D eigenvalue weighted by atomic mass is 9.93. The molecule has 0 spiro atoms. The third-order valence-corrected chi connectivity index (χ3v) is 5.97. The van der Waals surface area contributed by atoms with Crippen LogP contribution in [-0.2, 0) is 18.2 Å². The van der Waals surface area contributed by atoms with Gasteiger partial charge < -0.3 is 20.3 Å². The van der Waals surface area contributed by atoms with Gasteiger partial charge in [0.1, 0.15) is 11.0 Å². The van der Waals surface area contributed by atoms with Gasteiger partial charge in [-0.3, -0.25) is 4.68 Å². The zero-order valence-electron chi connectivity index (χ0n) is 17.4. The Balaban J connectivity index is 1.68. The first kappa shape index (κ1) is 19.4. The van der Waals surface area contributed by atoms with Crippen molar-refractivity contribution in [3.63, 3.8) is 0 Å². The van der Waals surface area contributed by atoms with Gasteiger partial charge in [-0.25, -0.2) is 4.98 Å². The van der Waals surface area contributed by atoms with Crippen molar-refractivity contribution in [1.29, 1.82) is 0 Å². The number of nitrogens with one attached hydrogen (secondary N) is 2. The van der Waals surface area contributed by atoms with Crippen molar-refractivity contribution in [2.45, 2.75) is 57.6 Å². The molecular weight excluding hydrogens is 354 g/mol. The summed E-state index contributed by atoms with van der Waals surface area (Å²) in [6.45, 7) is 6.01. The Kier molecular flexibility index (Phi) is 5.96. The fraction of sp³-hybridized carbons (Fsp3) is 0.750. The molecule has 1 aliphatic carbocycles. The monoisotopic (exact) mass is 387 g/mol. The average Bonchev–Trinajstić information content (AvgIpc) is 3.05. The van der Waals surface area contributed by atoms with E-state index in [1.54, 1.807) is 0 Å². The van der Waals surface area contributed by atoms with Crippen LogP contribution in [0.1, 0.15) is 44.7 Å². The van der Waals surface area contributed by atoms with Crippen molar-refractivity contribution in [3.05, 3.63) is 5.69 Å². The summed E-state index contributed by atoms with van der Waals surface area (Å²) in [4.78, 5) is 12.2. The SMILES string of the molecule is CCCc1nn(C)c2c(NC3CCC(OC)CC3)nc(N3CCNCC3)nc12. The van der Waals surface area contributed by atoms with E-state index in [2.05, 4.69) is 22.5 Å². The van der Waals surface area contributed by atoms with Gasteiger partial charge in [0.2, 0.25) is 5.95 Å². The summed E-state index contributed by atoms with van der Waals surface area (Å²) in [5.41, 5.74) is 3.10. The van der Waals surface area contributed by atoms with Crippen LogP contribution >= 0.6 is 0 Å². The lowest BCUT2D eigenvalue weighted by Crippen LogP contribution is -2.44. The molecule has 8 nitrogen and oxygen atoms in total. The maximum Gasteiger partial charge on any atom is 0.228 e. The van der Waals surface area contributed by atoms with Crippen molar-refractivity contribution >= 4 is 22.8 Å². The van der Waals surface area contributed by atoms with Gasteiger partial charge in [0, 0.05) is 46.4 Å². The minimum absolute atomic E-state index is 0.396. The van der Waals surface area contributed by atoms with E-state index >= 15 is 0 Å². The van der Waals surface area contributed by atoms with Crippen LogP contribution in [0.3, 0.4) is 0 Å². The topological polar surface area (TPSA) is 80.1 Å². The summed E-state index contributed by atoms with van der Waals surface area (Å²) in [6.07, 6.45) is 6.79. The molecule has 2 aromatic heterocycles. The van der Waals surface area contributed by atoms with Crippen molar-refractivity contribution in [2.24, 2.45) is 7.05 Å². The zero-order chi connectivity index (χ0) is 19.5. The second-order valence-corrected chi connectivity index (χ2v) is 7.98. The first-order valence-corrected chi connectivity index (χ1v) is 10.7. The van der Waals surface area contributed by atoms with Crippen molar-refractivity contribution < 1.29 is 4.74 Å². The predicted molar refractivity (Wildman–Crippen MR) is 112 cm³/mol. The van der Waals surface area contributed by atoms with Crippen molar-refractivity contribution in [1.82, 2.24) is 25.1 Å². The molecule has 1 saturated carbocycles. The molecule has 1 aliphatic heterocycles. The molecule has 2 aromatic rings. The van der Waals surface area contributed by atoms with E-state index in [0.29, 0.717) is 12.1 Å². The number of nitrogens with zero attached hydrogens (tertiary/aromatic N) is 5. The molecule has 0 amide bonds. The number of anilines is 2. The predicted octanol–water partition coefficient (Wildman–Crippen LogP) is 2.09. The molecule has 2 fully saturated rings. The highest BCUT2D eigenvalue weighted by Gasteiger charge is 2.25. The van der Waals surface area contributed by atoms with E-state index in [1.165, 1.54) is 0 Å². The zero-order valence-corrected chi connectivity index (χ0v) is 17.4. The van der Waals surface area contributed by atoms with Crippen LogP contribution in [0.2, 0.25) is 0 Å². The largest absolute Gasteiger partial charge is 0.381 e. The molecule has 0 radical (unpaired) electrons. The Bertz CT molecular complexity index is 791. The standard InChI is InChI=1S/C20H33N7O/c1-4-5-16-17-18(26(2)25-16)19(22-14-6-8-15(28-3)9-7-14)24-20(23-17)27-12-10-21-11-13-27/h14-15,21H,4-13H2,1-3H3,(H,22,23,24). The second kappa shape index (κ2) is 8.61. The number of aryl methyl sites for hydroxylation is 2. The third-order valence-electron chi connectivity index (χ3n) is 5.97. The normalized spacial score (nSPS) is 23.3. The molecule has 0 aromatic carbocycles. The van der Waals surface area contributed by atoms with Gasteiger partial charge in [-0.2, -0.15) is 10.1 Å². The Morgan fingerprint density at radius 3 is 2.57 bits per heavy atom. The Morgan fingerprint density at radius 1 is 1.14 bits per heavy atom. The lowest BCUT2D eigenvalue weighted by Gasteiger charge is -2.30. The Labute approximate surface area is 167 Å². The van der Waals surface area contributed by atoms with Crippen LogP contribution in [0, 0.1) is 0 Å². The van der Waals surface area contributed by atoms with E-state index in [9.17, 15) is 0 Å². The molecule has 2 N–H and O–H groups in total. The summed E-state index contributed by atoms with van der Waals surface area (Å²) in [7, 11) is 3.82. The summed E-state index contributed by atoms with van der Waals surface area (Å²) >= 11 is 0. The minimum atomic E-state index is 0.396.